The Morgan fingerprint density at radius 1 is 1.16 bits per heavy atom. The quantitative estimate of drug-likeness (QED) is 0.585. The molecule has 0 radical (unpaired) electrons. The first-order chi connectivity index (χ1) is 14.5. The van der Waals surface area contributed by atoms with Crippen LogP contribution in [-0.4, -0.2) is 29.1 Å². The van der Waals surface area contributed by atoms with Crippen molar-refractivity contribution in [2.24, 2.45) is 5.92 Å². The summed E-state index contributed by atoms with van der Waals surface area (Å²) < 4.78 is 94.2. The Labute approximate surface area is 172 Å². The van der Waals surface area contributed by atoms with Crippen LogP contribution in [0.15, 0.2) is 24.4 Å². The van der Waals surface area contributed by atoms with Crippen LogP contribution in [0.3, 0.4) is 0 Å². The zero-order chi connectivity index (χ0) is 22.8. The fraction of sp³-hybridized carbons (Fsp3) is 0.421. The number of nitrogens with zero attached hydrogens (tertiary/aromatic N) is 2. The van der Waals surface area contributed by atoms with Gasteiger partial charge in [0.25, 0.3) is 5.91 Å². The number of halogens is 7. The topological polar surface area (TPSA) is 66.9 Å². The van der Waals surface area contributed by atoms with Crippen LogP contribution in [0.1, 0.15) is 40.9 Å². The molecule has 1 fully saturated rings. The molecule has 1 saturated carbocycles. The van der Waals surface area contributed by atoms with E-state index < -0.39 is 59.0 Å². The SMILES string of the molecule is O=C(NCC1CCC1)c1cnc(Nc2cccc(C(F)(F)CF)c2F)nc1C(F)(F)F. The molecule has 168 valence electrons. The summed E-state index contributed by atoms with van der Waals surface area (Å²) in [6, 6.07) is 2.57. The molecule has 5 nitrogen and oxygen atoms in total. The van der Waals surface area contributed by atoms with Crippen molar-refractivity contribution in [1.29, 1.82) is 0 Å². The largest absolute Gasteiger partial charge is 0.434 e. The minimum Gasteiger partial charge on any atom is -0.352 e. The van der Waals surface area contributed by atoms with E-state index in [-0.39, 0.29) is 12.5 Å². The third-order valence-corrected chi connectivity index (χ3v) is 4.89. The minimum atomic E-state index is -5.04. The Hall–Kier alpha value is -2.92. The van der Waals surface area contributed by atoms with Gasteiger partial charge in [-0.15, -0.1) is 0 Å². The molecule has 1 aliphatic carbocycles. The first kappa shape index (κ1) is 22.8. The predicted molar refractivity (Wildman–Crippen MR) is 96.3 cm³/mol. The van der Waals surface area contributed by atoms with Gasteiger partial charge in [0.15, 0.2) is 18.2 Å². The fourth-order valence-corrected chi connectivity index (χ4v) is 2.96. The van der Waals surface area contributed by atoms with Crippen molar-refractivity contribution in [3.63, 3.8) is 0 Å². The molecule has 0 unspecified atom stereocenters. The van der Waals surface area contributed by atoms with E-state index in [4.69, 9.17) is 0 Å². The molecule has 1 aromatic heterocycles. The lowest BCUT2D eigenvalue weighted by molar-refractivity contribution is -0.141. The van der Waals surface area contributed by atoms with Crippen LogP contribution in [0, 0.1) is 11.7 Å². The first-order valence-electron chi connectivity index (χ1n) is 9.25. The van der Waals surface area contributed by atoms with E-state index in [1.807, 2.05) is 0 Å². The molecule has 0 saturated heterocycles. The van der Waals surface area contributed by atoms with Crippen molar-refractivity contribution in [3.05, 3.63) is 47.0 Å². The average Bonchev–Trinajstić information content (AvgIpc) is 2.67. The van der Waals surface area contributed by atoms with E-state index in [0.29, 0.717) is 12.3 Å². The Morgan fingerprint density at radius 2 is 1.87 bits per heavy atom. The number of hydrogen-bond acceptors (Lipinski definition) is 4. The monoisotopic (exact) mass is 450 g/mol. The second-order valence-corrected chi connectivity index (χ2v) is 7.09. The van der Waals surface area contributed by atoms with Gasteiger partial charge in [0.2, 0.25) is 5.95 Å². The van der Waals surface area contributed by atoms with Crippen LogP contribution in [0.4, 0.5) is 42.4 Å². The van der Waals surface area contributed by atoms with Gasteiger partial charge in [0.1, 0.15) is 0 Å². The van der Waals surface area contributed by atoms with Crippen LogP contribution in [0.2, 0.25) is 0 Å². The van der Waals surface area contributed by atoms with Crippen molar-refractivity contribution in [3.8, 4) is 0 Å². The van der Waals surface area contributed by atoms with Gasteiger partial charge in [-0.05, 0) is 30.9 Å². The highest BCUT2D eigenvalue weighted by molar-refractivity contribution is 5.95. The number of amides is 1. The van der Waals surface area contributed by atoms with Crippen molar-refractivity contribution < 1.29 is 35.5 Å². The summed E-state index contributed by atoms with van der Waals surface area (Å²) in [5, 5.41) is 4.48. The Balaban J connectivity index is 1.88. The average molecular weight is 450 g/mol. The highest BCUT2D eigenvalue weighted by Crippen LogP contribution is 2.35. The Kier molecular flexibility index (Phi) is 6.37. The van der Waals surface area contributed by atoms with E-state index in [0.717, 1.165) is 31.4 Å². The summed E-state index contributed by atoms with van der Waals surface area (Å²) in [4.78, 5) is 19.0. The number of carbonyl (C=O) groups is 1. The van der Waals surface area contributed by atoms with Crippen LogP contribution in [-0.2, 0) is 12.1 Å². The number of benzene rings is 1. The standard InChI is InChI=1S/C19H17F7N4O/c20-9-18(22,23)12-5-2-6-13(14(12)21)29-17-28-8-11(15(30-17)19(24,25)26)16(31)27-7-10-3-1-4-10/h2,5-6,8,10H,1,3-4,7,9H2,(H,27,31)(H,28,29,30). The summed E-state index contributed by atoms with van der Waals surface area (Å²) in [6.07, 6.45) is -1.68. The molecule has 0 spiro atoms. The molecule has 12 heteroatoms. The molecule has 1 heterocycles. The third kappa shape index (κ3) is 5.05. The van der Waals surface area contributed by atoms with Gasteiger partial charge in [-0.2, -0.15) is 22.0 Å². The van der Waals surface area contributed by atoms with E-state index in [9.17, 15) is 35.5 Å². The van der Waals surface area contributed by atoms with Gasteiger partial charge in [-0.1, -0.05) is 12.5 Å². The molecule has 1 aliphatic rings. The summed E-state index contributed by atoms with van der Waals surface area (Å²) in [6.45, 7) is -1.94. The normalized spacial score (nSPS) is 14.8. The molecular weight excluding hydrogens is 433 g/mol. The van der Waals surface area contributed by atoms with E-state index in [2.05, 4.69) is 20.6 Å². The Bertz CT molecular complexity index is 961. The molecule has 0 atom stereocenters. The number of aromatic nitrogens is 2. The first-order valence-corrected chi connectivity index (χ1v) is 9.25. The van der Waals surface area contributed by atoms with Gasteiger partial charge in [-0.25, -0.2) is 18.7 Å². The van der Waals surface area contributed by atoms with Crippen molar-refractivity contribution in [1.82, 2.24) is 15.3 Å². The molecule has 2 N–H and O–H groups in total. The van der Waals surface area contributed by atoms with Crippen LogP contribution in [0.25, 0.3) is 0 Å². The van der Waals surface area contributed by atoms with E-state index in [1.165, 1.54) is 0 Å². The smallest absolute Gasteiger partial charge is 0.352 e. The maximum Gasteiger partial charge on any atom is 0.434 e. The maximum atomic E-state index is 14.3. The summed E-state index contributed by atoms with van der Waals surface area (Å²) in [5.41, 5.74) is -4.35. The molecule has 31 heavy (non-hydrogen) atoms. The van der Waals surface area contributed by atoms with Crippen molar-refractivity contribution in [2.45, 2.75) is 31.4 Å². The molecule has 2 aromatic rings. The number of anilines is 2. The lowest BCUT2D eigenvalue weighted by Crippen LogP contribution is -2.33. The predicted octanol–water partition coefficient (Wildman–Crippen LogP) is 4.97. The Morgan fingerprint density at radius 3 is 2.45 bits per heavy atom. The molecule has 3 rings (SSSR count). The second-order valence-electron chi connectivity index (χ2n) is 7.09. The summed E-state index contributed by atoms with van der Waals surface area (Å²) >= 11 is 0. The van der Waals surface area contributed by atoms with Gasteiger partial charge < -0.3 is 10.6 Å². The highest BCUT2D eigenvalue weighted by atomic mass is 19.4. The minimum absolute atomic E-state index is 0.206. The molecule has 0 bridgehead atoms. The molecule has 1 aromatic carbocycles. The van der Waals surface area contributed by atoms with Gasteiger partial charge in [0, 0.05) is 12.7 Å². The number of rotatable bonds is 7. The summed E-state index contributed by atoms with van der Waals surface area (Å²) in [5.74, 6) is -7.27. The van der Waals surface area contributed by atoms with E-state index >= 15 is 0 Å². The maximum absolute atomic E-state index is 14.3. The lowest BCUT2D eigenvalue weighted by atomic mass is 9.85. The van der Waals surface area contributed by atoms with Gasteiger partial charge in [0.05, 0.1) is 16.8 Å². The van der Waals surface area contributed by atoms with E-state index in [1.54, 1.807) is 0 Å². The van der Waals surface area contributed by atoms with Crippen LogP contribution in [0.5, 0.6) is 0 Å². The number of carbonyl (C=O) groups excluding carboxylic acids is 1. The van der Waals surface area contributed by atoms with Crippen molar-refractivity contribution >= 4 is 17.5 Å². The molecular formula is C19H17F7N4O. The van der Waals surface area contributed by atoms with Crippen molar-refractivity contribution in [2.75, 3.05) is 18.5 Å². The fourth-order valence-electron chi connectivity index (χ4n) is 2.96. The highest BCUT2D eigenvalue weighted by Gasteiger charge is 2.39. The van der Waals surface area contributed by atoms with Crippen LogP contribution >= 0.6 is 0 Å². The third-order valence-electron chi connectivity index (χ3n) is 4.89. The lowest BCUT2D eigenvalue weighted by Gasteiger charge is -2.25. The molecule has 0 aliphatic heterocycles. The van der Waals surface area contributed by atoms with Crippen LogP contribution < -0.4 is 10.6 Å². The summed E-state index contributed by atoms with van der Waals surface area (Å²) in [7, 11) is 0. The van der Waals surface area contributed by atoms with Gasteiger partial charge in [-0.3, -0.25) is 4.79 Å². The number of alkyl halides is 6. The number of hydrogen-bond donors (Lipinski definition) is 2. The zero-order valence-corrected chi connectivity index (χ0v) is 15.9. The number of nitrogens with one attached hydrogen (secondary N) is 2. The second kappa shape index (κ2) is 8.67. The zero-order valence-electron chi connectivity index (χ0n) is 15.9. The molecule has 1 amide bonds. The van der Waals surface area contributed by atoms with Gasteiger partial charge >= 0.3 is 12.1 Å².